The zero-order valence-corrected chi connectivity index (χ0v) is 17.7. The van der Waals surface area contributed by atoms with Crippen molar-refractivity contribution in [1.82, 2.24) is 9.78 Å². The van der Waals surface area contributed by atoms with Crippen molar-refractivity contribution in [2.75, 3.05) is 5.32 Å². The van der Waals surface area contributed by atoms with Gasteiger partial charge in [0.15, 0.2) is 5.78 Å². The maximum atomic E-state index is 12.7. The van der Waals surface area contributed by atoms with E-state index in [4.69, 9.17) is 10.8 Å². The molecular formula is C23H32N4O2. The molecule has 0 aliphatic heterocycles. The third kappa shape index (κ3) is 3.96. The van der Waals surface area contributed by atoms with Gasteiger partial charge in [-0.15, -0.1) is 0 Å². The van der Waals surface area contributed by atoms with Gasteiger partial charge in [0.05, 0.1) is 28.7 Å². The average Bonchev–Trinajstić information content (AvgIpc) is 2.99. The summed E-state index contributed by atoms with van der Waals surface area (Å²) < 4.78 is 1.94. The number of carbonyl (C=O) groups excluding carboxylic acids is 1. The van der Waals surface area contributed by atoms with Crippen LogP contribution >= 0.6 is 0 Å². The molecule has 2 aliphatic rings. The lowest BCUT2D eigenvalue weighted by atomic mass is 9.75. The van der Waals surface area contributed by atoms with Crippen LogP contribution in [0.3, 0.4) is 0 Å². The van der Waals surface area contributed by atoms with Crippen molar-refractivity contribution in [3.8, 4) is 5.69 Å². The van der Waals surface area contributed by atoms with Gasteiger partial charge in [0.2, 0.25) is 0 Å². The molecule has 1 aromatic heterocycles. The van der Waals surface area contributed by atoms with E-state index in [9.17, 15) is 9.90 Å². The van der Waals surface area contributed by atoms with E-state index in [0.717, 1.165) is 66.0 Å². The summed E-state index contributed by atoms with van der Waals surface area (Å²) in [5.41, 5.74) is 11.6. The van der Waals surface area contributed by atoms with Crippen LogP contribution < -0.4 is 11.1 Å². The monoisotopic (exact) mass is 396 g/mol. The maximum absolute atomic E-state index is 12.7. The number of nitrogens with two attached hydrogens (primary N) is 1. The number of aliphatic hydroxyl groups excluding tert-OH is 1. The number of aryl methyl sites for hydroxylation is 1. The second kappa shape index (κ2) is 7.58. The molecule has 0 saturated heterocycles. The molecule has 0 atom stereocenters. The summed E-state index contributed by atoms with van der Waals surface area (Å²) in [6, 6.07) is 6.53. The van der Waals surface area contributed by atoms with Crippen molar-refractivity contribution < 1.29 is 9.90 Å². The molecule has 4 N–H and O–H groups in total. The highest BCUT2D eigenvalue weighted by Crippen LogP contribution is 2.37. The number of hydrogen-bond donors (Lipinski definition) is 3. The molecule has 156 valence electrons. The molecule has 0 amide bonds. The van der Waals surface area contributed by atoms with Gasteiger partial charge in [-0.1, -0.05) is 19.9 Å². The Kier molecular flexibility index (Phi) is 5.25. The van der Waals surface area contributed by atoms with E-state index in [1.807, 2.05) is 17.7 Å². The Morgan fingerprint density at radius 2 is 1.97 bits per heavy atom. The van der Waals surface area contributed by atoms with E-state index in [0.29, 0.717) is 19.0 Å². The molecule has 1 aromatic carbocycles. The number of fused-ring (bicyclic) bond motifs is 1. The van der Waals surface area contributed by atoms with Crippen LogP contribution in [0.2, 0.25) is 0 Å². The number of anilines is 1. The highest BCUT2D eigenvalue weighted by molar-refractivity contribution is 5.99. The van der Waals surface area contributed by atoms with Crippen molar-refractivity contribution in [1.29, 1.82) is 0 Å². The van der Waals surface area contributed by atoms with Crippen LogP contribution in [0.5, 0.6) is 0 Å². The van der Waals surface area contributed by atoms with Crippen molar-refractivity contribution in [3.63, 3.8) is 0 Å². The smallest absolute Gasteiger partial charge is 0.167 e. The standard InChI is InChI=1S/C23H32N4O2/c1-14-22-20(11-23(2,3)12-21(22)29)27(26-14)17-7-4-15(13-24)19(10-17)25-16-5-8-18(28)9-6-16/h4,7,10,16,18,25,28H,5-6,8-9,11-13,24H2,1-3H3/t16-,18-. The normalized spacial score (nSPS) is 23.7. The fraction of sp³-hybridized carbons (Fsp3) is 0.565. The second-order valence-electron chi connectivity index (χ2n) is 9.46. The van der Waals surface area contributed by atoms with E-state index >= 15 is 0 Å². The molecule has 6 nitrogen and oxygen atoms in total. The molecule has 6 heteroatoms. The number of rotatable bonds is 4. The van der Waals surface area contributed by atoms with E-state index in [1.165, 1.54) is 0 Å². The Morgan fingerprint density at radius 1 is 1.24 bits per heavy atom. The quantitative estimate of drug-likeness (QED) is 0.735. The summed E-state index contributed by atoms with van der Waals surface area (Å²) in [6.45, 7) is 6.66. The molecule has 2 aromatic rings. The molecule has 4 rings (SSSR count). The lowest BCUT2D eigenvalue weighted by molar-refractivity contribution is 0.0910. The van der Waals surface area contributed by atoms with Crippen molar-refractivity contribution in [2.45, 2.75) is 78.0 Å². The lowest BCUT2D eigenvalue weighted by Gasteiger charge is -2.29. The molecular weight excluding hydrogens is 364 g/mol. The molecule has 1 fully saturated rings. The second-order valence-corrected chi connectivity index (χ2v) is 9.46. The SMILES string of the molecule is Cc1nn(-c2ccc(CN)c(N[C@H]3CC[C@H](O)CC3)c2)c2c1C(=O)CC(C)(C)C2. The Bertz CT molecular complexity index is 923. The van der Waals surface area contributed by atoms with Crippen LogP contribution in [-0.4, -0.2) is 32.8 Å². The number of nitrogens with one attached hydrogen (secondary N) is 1. The number of aliphatic hydroxyl groups is 1. The number of benzene rings is 1. The van der Waals surface area contributed by atoms with Gasteiger partial charge in [0.1, 0.15) is 0 Å². The minimum absolute atomic E-state index is 0.0600. The Morgan fingerprint density at radius 3 is 2.66 bits per heavy atom. The van der Waals surface area contributed by atoms with Gasteiger partial charge in [0.25, 0.3) is 0 Å². The average molecular weight is 397 g/mol. The zero-order chi connectivity index (χ0) is 20.8. The third-order valence-electron chi connectivity index (χ3n) is 6.33. The van der Waals surface area contributed by atoms with Crippen molar-refractivity contribution in [3.05, 3.63) is 40.7 Å². The first kappa shape index (κ1) is 20.1. The summed E-state index contributed by atoms with van der Waals surface area (Å²) in [4.78, 5) is 12.7. The van der Waals surface area contributed by atoms with Crippen LogP contribution in [0.15, 0.2) is 18.2 Å². The highest BCUT2D eigenvalue weighted by Gasteiger charge is 2.35. The molecule has 0 unspecified atom stereocenters. The van der Waals surface area contributed by atoms with Crippen molar-refractivity contribution in [2.24, 2.45) is 11.1 Å². The minimum atomic E-state index is -0.173. The van der Waals surface area contributed by atoms with Gasteiger partial charge in [-0.05, 0) is 62.1 Å². The number of Topliss-reactive ketones (excluding diaryl/α,β-unsaturated/α-hetero) is 1. The van der Waals surface area contributed by atoms with Gasteiger partial charge in [-0.2, -0.15) is 5.10 Å². The van der Waals surface area contributed by atoms with Gasteiger partial charge in [-0.3, -0.25) is 4.79 Å². The molecule has 0 spiro atoms. The first-order valence-corrected chi connectivity index (χ1v) is 10.7. The predicted octanol–water partition coefficient (Wildman–Crippen LogP) is 3.51. The molecule has 29 heavy (non-hydrogen) atoms. The van der Waals surface area contributed by atoms with Crippen LogP contribution in [0.1, 0.15) is 73.3 Å². The van der Waals surface area contributed by atoms with E-state index in [2.05, 4.69) is 31.3 Å². The molecule has 1 heterocycles. The minimum Gasteiger partial charge on any atom is -0.393 e. The topological polar surface area (TPSA) is 93.2 Å². The van der Waals surface area contributed by atoms with Crippen LogP contribution in [0.25, 0.3) is 5.69 Å². The number of hydrogen-bond acceptors (Lipinski definition) is 5. The third-order valence-corrected chi connectivity index (χ3v) is 6.33. The summed E-state index contributed by atoms with van der Waals surface area (Å²) in [5, 5.41) is 18.2. The van der Waals surface area contributed by atoms with Gasteiger partial charge >= 0.3 is 0 Å². The van der Waals surface area contributed by atoms with Crippen LogP contribution in [0.4, 0.5) is 5.69 Å². The molecule has 1 saturated carbocycles. The van der Waals surface area contributed by atoms with E-state index in [1.54, 1.807) is 0 Å². The fourth-order valence-corrected chi connectivity index (χ4v) is 4.80. The Balaban J connectivity index is 1.70. The summed E-state index contributed by atoms with van der Waals surface area (Å²) >= 11 is 0. The van der Waals surface area contributed by atoms with Crippen molar-refractivity contribution >= 4 is 11.5 Å². The largest absolute Gasteiger partial charge is 0.393 e. The summed E-state index contributed by atoms with van der Waals surface area (Å²) in [7, 11) is 0. The number of nitrogens with zero attached hydrogens (tertiary/aromatic N) is 2. The Labute approximate surface area is 172 Å². The number of aromatic nitrogens is 2. The fourth-order valence-electron chi connectivity index (χ4n) is 4.80. The van der Waals surface area contributed by atoms with Crippen LogP contribution in [-0.2, 0) is 13.0 Å². The first-order chi connectivity index (χ1) is 13.8. The first-order valence-electron chi connectivity index (χ1n) is 10.7. The summed E-state index contributed by atoms with van der Waals surface area (Å²) in [6.07, 6.45) is 4.79. The maximum Gasteiger partial charge on any atom is 0.167 e. The molecule has 2 aliphatic carbocycles. The van der Waals surface area contributed by atoms with Gasteiger partial charge in [-0.25, -0.2) is 4.68 Å². The van der Waals surface area contributed by atoms with Gasteiger partial charge < -0.3 is 16.2 Å². The number of carbonyl (C=O) groups is 1. The lowest BCUT2D eigenvalue weighted by Crippen LogP contribution is -2.29. The number of ketones is 1. The zero-order valence-electron chi connectivity index (χ0n) is 17.7. The van der Waals surface area contributed by atoms with Gasteiger partial charge in [0, 0.05) is 24.7 Å². The van der Waals surface area contributed by atoms with Crippen LogP contribution in [0, 0.1) is 12.3 Å². The molecule has 0 radical (unpaired) electrons. The highest BCUT2D eigenvalue weighted by atomic mass is 16.3. The Hall–Kier alpha value is -2.18. The molecule has 0 bridgehead atoms. The van der Waals surface area contributed by atoms with E-state index < -0.39 is 0 Å². The van der Waals surface area contributed by atoms with E-state index in [-0.39, 0.29) is 17.3 Å². The summed E-state index contributed by atoms with van der Waals surface area (Å²) in [5.74, 6) is 0.192. The predicted molar refractivity (Wildman–Crippen MR) is 115 cm³/mol.